The number of nitrogen functional groups attached to an aromatic ring is 1. The molecule has 0 aliphatic rings. The fourth-order valence-corrected chi connectivity index (χ4v) is 3.43. The second-order valence-electron chi connectivity index (χ2n) is 6.05. The van der Waals surface area contributed by atoms with Gasteiger partial charge in [0.05, 0.1) is 26.5 Å². The first kappa shape index (κ1) is 21.4. The van der Waals surface area contributed by atoms with Gasteiger partial charge < -0.3 is 24.4 Å². The van der Waals surface area contributed by atoms with Gasteiger partial charge >= 0.3 is 5.97 Å². The molecule has 3 aromatic rings. The predicted octanol–water partition coefficient (Wildman–Crippen LogP) is 3.51. The monoisotopic (exact) mass is 430 g/mol. The smallest absolute Gasteiger partial charge is 0.343 e. The van der Waals surface area contributed by atoms with Crippen molar-refractivity contribution in [3.05, 3.63) is 41.4 Å². The minimum atomic E-state index is -0.543. The number of esters is 1. The Hall–Kier alpha value is -3.27. The molecule has 0 saturated heterocycles. The van der Waals surface area contributed by atoms with E-state index in [1.165, 1.54) is 18.0 Å². The first-order valence-electron chi connectivity index (χ1n) is 9.07. The van der Waals surface area contributed by atoms with Crippen LogP contribution in [0.3, 0.4) is 0 Å². The van der Waals surface area contributed by atoms with Gasteiger partial charge in [-0.25, -0.2) is 19.7 Å². The van der Waals surface area contributed by atoms with Crippen molar-refractivity contribution < 1.29 is 23.4 Å². The zero-order chi connectivity index (χ0) is 21.7. The predicted molar refractivity (Wildman–Crippen MR) is 112 cm³/mol. The number of carbonyl (C=O) groups excluding carboxylic acids is 1. The van der Waals surface area contributed by atoms with Gasteiger partial charge in [0.2, 0.25) is 5.89 Å². The maximum atomic E-state index is 11.8. The molecule has 0 atom stereocenters. The summed E-state index contributed by atoms with van der Waals surface area (Å²) < 4.78 is 21.3. The Labute approximate surface area is 178 Å². The van der Waals surface area contributed by atoms with E-state index >= 15 is 0 Å². The average Bonchev–Trinajstić information content (AvgIpc) is 3.12. The van der Waals surface area contributed by atoms with Crippen LogP contribution in [0.25, 0.3) is 11.5 Å². The van der Waals surface area contributed by atoms with Gasteiger partial charge in [-0.3, -0.25) is 0 Å². The molecule has 2 aromatic heterocycles. The van der Waals surface area contributed by atoms with Crippen molar-refractivity contribution in [2.45, 2.75) is 24.8 Å². The topological polar surface area (TPSA) is 123 Å². The Morgan fingerprint density at radius 1 is 1.20 bits per heavy atom. The molecule has 1 aromatic carbocycles. The van der Waals surface area contributed by atoms with E-state index in [2.05, 4.69) is 15.0 Å². The van der Waals surface area contributed by atoms with Crippen molar-refractivity contribution in [3.8, 4) is 23.0 Å². The zero-order valence-electron chi connectivity index (χ0n) is 17.1. The van der Waals surface area contributed by atoms with Crippen LogP contribution in [0.2, 0.25) is 0 Å². The van der Waals surface area contributed by atoms with E-state index in [1.807, 2.05) is 13.0 Å². The molecule has 0 radical (unpaired) electrons. The Morgan fingerprint density at radius 2 is 1.97 bits per heavy atom. The van der Waals surface area contributed by atoms with Crippen molar-refractivity contribution in [2.75, 3.05) is 26.6 Å². The van der Waals surface area contributed by atoms with Gasteiger partial charge in [0.25, 0.3) is 0 Å². The molecule has 0 amide bonds. The number of rotatable bonds is 8. The Balaban J connectivity index is 1.74. The minimum absolute atomic E-state index is 0.0776. The number of methoxy groups -OCH3 is 2. The molecule has 0 aliphatic carbocycles. The summed E-state index contributed by atoms with van der Waals surface area (Å²) in [7, 11) is 3.15. The number of nitrogens with two attached hydrogens (primary N) is 1. The van der Waals surface area contributed by atoms with Crippen molar-refractivity contribution in [2.24, 2.45) is 0 Å². The van der Waals surface area contributed by atoms with E-state index in [-0.39, 0.29) is 18.0 Å². The second-order valence-corrected chi connectivity index (χ2v) is 6.99. The molecule has 0 unspecified atom stereocenters. The molecule has 0 saturated carbocycles. The highest BCUT2D eigenvalue weighted by atomic mass is 32.2. The summed E-state index contributed by atoms with van der Waals surface area (Å²) >= 11 is 1.34. The summed E-state index contributed by atoms with van der Waals surface area (Å²) in [5.41, 5.74) is 7.53. The van der Waals surface area contributed by atoms with Gasteiger partial charge in [-0.2, -0.15) is 0 Å². The number of anilines is 1. The first-order chi connectivity index (χ1) is 14.5. The van der Waals surface area contributed by atoms with Crippen LogP contribution in [0.4, 0.5) is 5.82 Å². The molecule has 0 fully saturated rings. The van der Waals surface area contributed by atoms with Gasteiger partial charge in [0.1, 0.15) is 17.1 Å². The van der Waals surface area contributed by atoms with Crippen LogP contribution in [0, 0.1) is 6.92 Å². The minimum Gasteiger partial charge on any atom is -0.493 e. The maximum absolute atomic E-state index is 11.8. The molecule has 3 rings (SSSR count). The fourth-order valence-electron chi connectivity index (χ4n) is 2.60. The fraction of sp³-hybridized carbons (Fsp3) is 0.300. The van der Waals surface area contributed by atoms with Crippen LogP contribution >= 0.6 is 11.8 Å². The Bertz CT molecular complexity index is 1050. The lowest BCUT2D eigenvalue weighted by Gasteiger charge is -2.07. The second kappa shape index (κ2) is 9.49. The SMILES string of the molecule is CCOC(=O)c1cnc(SCc2nc(-c3ccc(OC)c(OC)c3)oc2C)nc1N. The lowest BCUT2D eigenvalue weighted by Crippen LogP contribution is -2.10. The summed E-state index contributed by atoms with van der Waals surface area (Å²) in [5.74, 6) is 2.38. The van der Waals surface area contributed by atoms with E-state index in [1.54, 1.807) is 33.3 Å². The Kier molecular flexibility index (Phi) is 6.78. The number of thioether (sulfide) groups is 1. The van der Waals surface area contributed by atoms with Gasteiger partial charge in [0, 0.05) is 17.5 Å². The van der Waals surface area contributed by atoms with Gasteiger partial charge in [0.15, 0.2) is 16.7 Å². The molecule has 0 spiro atoms. The summed E-state index contributed by atoms with van der Waals surface area (Å²) in [6, 6.07) is 5.45. The molecular weight excluding hydrogens is 408 g/mol. The molecule has 9 nitrogen and oxygen atoms in total. The normalized spacial score (nSPS) is 10.7. The molecule has 158 valence electrons. The number of oxazole rings is 1. The third-order valence-electron chi connectivity index (χ3n) is 4.15. The lowest BCUT2D eigenvalue weighted by atomic mass is 10.2. The number of aromatic nitrogens is 3. The molecule has 2 heterocycles. The number of aryl methyl sites for hydroxylation is 1. The third kappa shape index (κ3) is 4.65. The summed E-state index contributed by atoms with van der Waals surface area (Å²) in [5, 5.41) is 0.426. The van der Waals surface area contributed by atoms with E-state index < -0.39 is 5.97 Å². The average molecular weight is 430 g/mol. The quantitative estimate of drug-likeness (QED) is 0.322. The molecule has 0 aliphatic heterocycles. The highest BCUT2D eigenvalue weighted by Crippen LogP contribution is 2.33. The lowest BCUT2D eigenvalue weighted by molar-refractivity contribution is 0.0526. The number of hydrogen-bond acceptors (Lipinski definition) is 10. The van der Waals surface area contributed by atoms with Crippen LogP contribution in [0.1, 0.15) is 28.7 Å². The molecule has 10 heteroatoms. The summed E-state index contributed by atoms with van der Waals surface area (Å²) in [4.78, 5) is 24.7. The summed E-state index contributed by atoms with van der Waals surface area (Å²) in [6.07, 6.45) is 1.37. The first-order valence-corrected chi connectivity index (χ1v) is 10.1. The van der Waals surface area contributed by atoms with Gasteiger partial charge in [-0.1, -0.05) is 11.8 Å². The van der Waals surface area contributed by atoms with Crippen LogP contribution in [0.5, 0.6) is 11.5 Å². The maximum Gasteiger partial charge on any atom is 0.343 e. The van der Waals surface area contributed by atoms with Crippen LogP contribution in [-0.2, 0) is 10.5 Å². The van der Waals surface area contributed by atoms with Crippen LogP contribution in [-0.4, -0.2) is 41.7 Å². The zero-order valence-corrected chi connectivity index (χ0v) is 17.9. The highest BCUT2D eigenvalue weighted by Gasteiger charge is 2.17. The number of carbonyl (C=O) groups is 1. The number of hydrogen-bond donors (Lipinski definition) is 1. The number of ether oxygens (including phenoxy) is 3. The molecule has 30 heavy (non-hydrogen) atoms. The van der Waals surface area contributed by atoms with Crippen molar-refractivity contribution in [1.29, 1.82) is 0 Å². The standard InChI is InChI=1S/C20H22N4O5S/c1-5-28-19(25)13-9-22-20(24-17(13)21)30-10-14-11(2)29-18(23-14)12-6-7-15(26-3)16(8-12)27-4/h6-9H,5,10H2,1-4H3,(H2,21,22,24). The third-order valence-corrected chi connectivity index (χ3v) is 5.03. The van der Waals surface area contributed by atoms with E-state index in [4.69, 9.17) is 24.4 Å². The molecular formula is C20H22N4O5S. The van der Waals surface area contributed by atoms with Gasteiger partial charge in [-0.05, 0) is 32.0 Å². The number of benzene rings is 1. The van der Waals surface area contributed by atoms with Crippen molar-refractivity contribution >= 4 is 23.5 Å². The highest BCUT2D eigenvalue weighted by molar-refractivity contribution is 7.98. The largest absolute Gasteiger partial charge is 0.493 e. The van der Waals surface area contributed by atoms with E-state index in [9.17, 15) is 4.79 Å². The number of nitrogens with zero attached hydrogens (tertiary/aromatic N) is 3. The van der Waals surface area contributed by atoms with Crippen molar-refractivity contribution in [1.82, 2.24) is 15.0 Å². The van der Waals surface area contributed by atoms with Gasteiger partial charge in [-0.15, -0.1) is 0 Å². The molecule has 0 bridgehead atoms. The Morgan fingerprint density at radius 3 is 2.63 bits per heavy atom. The van der Waals surface area contributed by atoms with E-state index in [0.29, 0.717) is 34.1 Å². The molecule has 2 N–H and O–H groups in total. The van der Waals surface area contributed by atoms with E-state index in [0.717, 1.165) is 11.3 Å². The van der Waals surface area contributed by atoms with Crippen molar-refractivity contribution in [3.63, 3.8) is 0 Å². The summed E-state index contributed by atoms with van der Waals surface area (Å²) in [6.45, 7) is 3.81. The van der Waals surface area contributed by atoms with Crippen LogP contribution < -0.4 is 15.2 Å². The van der Waals surface area contributed by atoms with Crippen LogP contribution in [0.15, 0.2) is 34.0 Å².